The molecule has 0 saturated carbocycles. The Balaban J connectivity index is 1.54. The largest absolute Gasteiger partial charge is 0.478 e. The number of piperidine rings is 2. The number of carbonyl (C=O) groups is 2. The molecule has 0 spiro atoms. The van der Waals surface area contributed by atoms with Gasteiger partial charge < -0.3 is 15.0 Å². The number of benzene rings is 1. The molecule has 3 aliphatic rings. The number of nitrogens with one attached hydrogen (secondary N) is 1. The number of hydrogen-bond donors (Lipinski definition) is 1. The maximum Gasteiger partial charge on any atom is 0.265 e. The van der Waals surface area contributed by atoms with Crippen LogP contribution in [-0.2, 0) is 19.6 Å². The van der Waals surface area contributed by atoms with Crippen LogP contribution in [0.2, 0.25) is 0 Å². The first-order chi connectivity index (χ1) is 15.2. The van der Waals surface area contributed by atoms with E-state index >= 15 is 0 Å². The van der Waals surface area contributed by atoms with E-state index in [0.29, 0.717) is 48.7 Å². The number of anilines is 1. The zero-order valence-electron chi connectivity index (χ0n) is 19.1. The van der Waals surface area contributed by atoms with Crippen molar-refractivity contribution in [2.75, 3.05) is 31.5 Å². The predicted octanol–water partition coefficient (Wildman–Crippen LogP) is 2.76. The zero-order chi connectivity index (χ0) is 23.0. The fourth-order valence-corrected chi connectivity index (χ4v) is 6.57. The van der Waals surface area contributed by atoms with Crippen molar-refractivity contribution in [2.45, 2.75) is 63.9 Å². The maximum atomic E-state index is 13.6. The van der Waals surface area contributed by atoms with Gasteiger partial charge in [0.1, 0.15) is 5.75 Å². The van der Waals surface area contributed by atoms with Crippen molar-refractivity contribution in [2.24, 2.45) is 11.8 Å². The molecule has 8 nitrogen and oxygen atoms in total. The van der Waals surface area contributed by atoms with E-state index in [-0.39, 0.29) is 29.2 Å². The lowest BCUT2D eigenvalue weighted by atomic mass is 9.94. The molecule has 2 atom stereocenters. The van der Waals surface area contributed by atoms with Gasteiger partial charge in [-0.3, -0.25) is 9.59 Å². The van der Waals surface area contributed by atoms with Gasteiger partial charge in [-0.2, -0.15) is 4.31 Å². The third kappa shape index (κ3) is 4.37. The Hall–Kier alpha value is -2.13. The summed E-state index contributed by atoms with van der Waals surface area (Å²) < 4.78 is 34.3. The number of amides is 2. The Bertz CT molecular complexity index is 1000. The lowest BCUT2D eigenvalue weighted by Gasteiger charge is -2.37. The van der Waals surface area contributed by atoms with Gasteiger partial charge in [0.25, 0.3) is 5.91 Å². The fourth-order valence-electron chi connectivity index (χ4n) is 4.82. The van der Waals surface area contributed by atoms with Gasteiger partial charge in [0.2, 0.25) is 15.9 Å². The molecule has 176 valence electrons. The summed E-state index contributed by atoms with van der Waals surface area (Å²) in [5.41, 5.74) is 1.03. The fraction of sp³-hybridized carbons (Fsp3) is 0.652. The second kappa shape index (κ2) is 9.02. The summed E-state index contributed by atoms with van der Waals surface area (Å²) in [6.45, 7) is 7.88. The van der Waals surface area contributed by atoms with Crippen LogP contribution in [-0.4, -0.2) is 61.7 Å². The number of likely N-dealkylation sites (tertiary alicyclic amines) is 1. The average molecular weight is 464 g/mol. The highest BCUT2D eigenvalue weighted by Crippen LogP contribution is 2.37. The van der Waals surface area contributed by atoms with Crippen LogP contribution in [0.15, 0.2) is 17.0 Å². The Morgan fingerprint density at radius 1 is 1.19 bits per heavy atom. The second-order valence-electron chi connectivity index (χ2n) is 9.33. The molecule has 0 unspecified atom stereocenters. The third-order valence-electron chi connectivity index (χ3n) is 6.91. The van der Waals surface area contributed by atoms with E-state index in [0.717, 1.165) is 25.9 Å². The van der Waals surface area contributed by atoms with Gasteiger partial charge in [-0.05, 0) is 56.6 Å². The summed E-state index contributed by atoms with van der Waals surface area (Å²) in [4.78, 5) is 27.2. The summed E-state index contributed by atoms with van der Waals surface area (Å²) in [5.74, 6) is 0.557. The first kappa shape index (κ1) is 23.0. The van der Waals surface area contributed by atoms with Crippen LogP contribution in [0.1, 0.15) is 51.5 Å². The van der Waals surface area contributed by atoms with E-state index in [1.807, 2.05) is 11.8 Å². The van der Waals surface area contributed by atoms with Gasteiger partial charge in [0.15, 0.2) is 6.10 Å². The minimum Gasteiger partial charge on any atom is -0.478 e. The van der Waals surface area contributed by atoms with Crippen LogP contribution in [0, 0.1) is 18.8 Å². The Morgan fingerprint density at radius 3 is 2.59 bits per heavy atom. The first-order valence-electron chi connectivity index (χ1n) is 11.6. The number of nitrogens with zero attached hydrogens (tertiary/aromatic N) is 2. The molecule has 2 amide bonds. The lowest BCUT2D eigenvalue weighted by molar-refractivity contribution is -0.138. The third-order valence-corrected chi connectivity index (χ3v) is 8.92. The molecule has 32 heavy (non-hydrogen) atoms. The second-order valence-corrected chi connectivity index (χ2v) is 11.2. The average Bonchev–Trinajstić information content (AvgIpc) is 2.78. The highest BCUT2D eigenvalue weighted by molar-refractivity contribution is 7.89. The number of fused-ring (bicyclic) bond motifs is 1. The molecule has 0 radical (unpaired) electrons. The number of rotatable bonds is 4. The van der Waals surface area contributed by atoms with E-state index < -0.39 is 16.1 Å². The molecule has 1 aromatic carbocycles. The van der Waals surface area contributed by atoms with Crippen molar-refractivity contribution < 1.29 is 22.7 Å². The van der Waals surface area contributed by atoms with Crippen molar-refractivity contribution in [3.63, 3.8) is 0 Å². The van der Waals surface area contributed by atoms with Gasteiger partial charge >= 0.3 is 0 Å². The Labute approximate surface area is 190 Å². The van der Waals surface area contributed by atoms with Crippen molar-refractivity contribution >= 4 is 27.5 Å². The monoisotopic (exact) mass is 463 g/mol. The van der Waals surface area contributed by atoms with Gasteiger partial charge in [-0.25, -0.2) is 8.42 Å². The molecule has 3 heterocycles. The zero-order valence-corrected chi connectivity index (χ0v) is 19.9. The minimum absolute atomic E-state index is 0.0794. The van der Waals surface area contributed by atoms with E-state index in [1.165, 1.54) is 10.4 Å². The van der Waals surface area contributed by atoms with Crippen molar-refractivity contribution in [1.29, 1.82) is 0 Å². The Kier molecular flexibility index (Phi) is 6.49. The van der Waals surface area contributed by atoms with Crippen LogP contribution in [0.4, 0.5) is 5.69 Å². The van der Waals surface area contributed by atoms with E-state index in [4.69, 9.17) is 4.74 Å². The van der Waals surface area contributed by atoms with Crippen molar-refractivity contribution in [1.82, 2.24) is 9.21 Å². The van der Waals surface area contributed by atoms with Gasteiger partial charge in [0, 0.05) is 32.2 Å². The molecule has 2 fully saturated rings. The van der Waals surface area contributed by atoms with Crippen LogP contribution in [0.25, 0.3) is 0 Å². The molecule has 0 aliphatic carbocycles. The van der Waals surface area contributed by atoms with Gasteiger partial charge in [0.05, 0.1) is 16.5 Å². The molecule has 9 heteroatoms. The summed E-state index contributed by atoms with van der Waals surface area (Å²) >= 11 is 0. The summed E-state index contributed by atoms with van der Waals surface area (Å²) in [6, 6.07) is 3.16. The standard InChI is InChI=1S/C23H33N3O5S/c1-4-19-22(27)24-18-12-16(3)21(13-20(18)31-19)32(29,30)26-9-5-6-17(14-26)23(28)25-10-7-15(2)8-11-25/h12-13,15,17,19H,4-11,14H2,1-3H3,(H,24,27)/t17-,19+/m1/s1. The van der Waals surface area contributed by atoms with Crippen LogP contribution < -0.4 is 10.1 Å². The maximum absolute atomic E-state index is 13.6. The molecular formula is C23H33N3O5S. The number of carbonyl (C=O) groups excluding carboxylic acids is 2. The highest BCUT2D eigenvalue weighted by Gasteiger charge is 2.37. The Morgan fingerprint density at radius 2 is 1.91 bits per heavy atom. The molecule has 1 aromatic rings. The van der Waals surface area contributed by atoms with Crippen molar-refractivity contribution in [3.05, 3.63) is 17.7 Å². The SMILES string of the molecule is CC[C@@H]1Oc2cc(S(=O)(=O)N3CCC[C@@H](C(=O)N4CCC(C)CC4)C3)c(C)cc2NC1=O. The van der Waals surface area contributed by atoms with Crippen LogP contribution in [0.3, 0.4) is 0 Å². The first-order valence-corrected chi connectivity index (χ1v) is 13.1. The molecule has 2 saturated heterocycles. The van der Waals surface area contributed by atoms with Crippen LogP contribution >= 0.6 is 0 Å². The van der Waals surface area contributed by atoms with Crippen LogP contribution in [0.5, 0.6) is 5.75 Å². The van der Waals surface area contributed by atoms with Crippen molar-refractivity contribution in [3.8, 4) is 5.75 Å². The lowest BCUT2D eigenvalue weighted by Crippen LogP contribution is -2.48. The molecular weight excluding hydrogens is 430 g/mol. The van der Waals surface area contributed by atoms with Gasteiger partial charge in [-0.15, -0.1) is 0 Å². The molecule has 3 aliphatic heterocycles. The van der Waals surface area contributed by atoms with Gasteiger partial charge in [-0.1, -0.05) is 13.8 Å². The molecule has 4 rings (SSSR count). The topological polar surface area (TPSA) is 96.0 Å². The number of ether oxygens (including phenoxy) is 1. The molecule has 0 aromatic heterocycles. The highest BCUT2D eigenvalue weighted by atomic mass is 32.2. The minimum atomic E-state index is -3.80. The van der Waals surface area contributed by atoms with E-state index in [2.05, 4.69) is 12.2 Å². The van der Waals surface area contributed by atoms with E-state index in [1.54, 1.807) is 13.0 Å². The van der Waals surface area contributed by atoms with E-state index in [9.17, 15) is 18.0 Å². The normalized spacial score (nSPS) is 25.1. The smallest absolute Gasteiger partial charge is 0.265 e. The number of aryl methyl sites for hydroxylation is 1. The molecule has 1 N–H and O–H groups in total. The summed E-state index contributed by atoms with van der Waals surface area (Å²) in [7, 11) is -3.80. The predicted molar refractivity (Wildman–Crippen MR) is 121 cm³/mol. The number of sulfonamides is 1. The summed E-state index contributed by atoms with van der Waals surface area (Å²) in [6.07, 6.45) is 3.24. The molecule has 0 bridgehead atoms. The summed E-state index contributed by atoms with van der Waals surface area (Å²) in [5, 5.41) is 2.80. The number of hydrogen-bond acceptors (Lipinski definition) is 5. The quantitative estimate of drug-likeness (QED) is 0.741.